The molecular weight excluding hydrogens is 685 g/mol. The molecule has 0 fully saturated rings. The molecule has 11 rings (SSSR count). The quantitative estimate of drug-likeness (QED) is 0.155. The topological polar surface area (TPSA) is 0 Å². The standard InChI is InChI=1S/C57H42/c1-56(2)48-30-13-15-32-50(48)57(51-33-16-14-31-49(51)56)47-36-35-41(37-46(47)55-40(25-18-34-52(55)57)24-17-21-38-19-5-3-6-20-38)54-44-28-11-9-26-42(44)53(39-22-7-4-8-23-39)43-27-10-12-29-45(43)54/h3-23,25-37H,24H2,1-2H3/b21-17+. The third-order valence-corrected chi connectivity index (χ3v) is 13.0. The Morgan fingerprint density at radius 2 is 0.877 bits per heavy atom. The molecule has 1 spiro atoms. The van der Waals surface area contributed by atoms with Gasteiger partial charge < -0.3 is 0 Å². The van der Waals surface area contributed by atoms with Crippen LogP contribution in [0.1, 0.15) is 58.4 Å². The highest BCUT2D eigenvalue weighted by molar-refractivity contribution is 6.21. The number of fused-ring (bicyclic) bond motifs is 11. The highest BCUT2D eigenvalue weighted by Gasteiger charge is 2.53. The first-order valence-corrected chi connectivity index (χ1v) is 20.2. The lowest BCUT2D eigenvalue weighted by atomic mass is 9.55. The lowest BCUT2D eigenvalue weighted by Gasteiger charge is -2.46. The van der Waals surface area contributed by atoms with Crippen LogP contribution in [0.4, 0.5) is 0 Å². The summed E-state index contributed by atoms with van der Waals surface area (Å²) in [5.74, 6) is 0. The van der Waals surface area contributed by atoms with Gasteiger partial charge in [-0.05, 0) is 112 Å². The molecule has 2 aliphatic rings. The van der Waals surface area contributed by atoms with Gasteiger partial charge in [0, 0.05) is 5.41 Å². The molecule has 0 aromatic heterocycles. The fourth-order valence-electron chi connectivity index (χ4n) is 10.6. The zero-order chi connectivity index (χ0) is 38.1. The van der Waals surface area contributed by atoms with E-state index in [4.69, 9.17) is 0 Å². The van der Waals surface area contributed by atoms with Crippen LogP contribution in [-0.4, -0.2) is 0 Å². The van der Waals surface area contributed by atoms with Gasteiger partial charge in [-0.1, -0.05) is 214 Å². The summed E-state index contributed by atoms with van der Waals surface area (Å²) in [7, 11) is 0. The van der Waals surface area contributed by atoms with Crippen molar-refractivity contribution in [2.75, 3.05) is 0 Å². The Hall–Kier alpha value is -6.76. The summed E-state index contributed by atoms with van der Waals surface area (Å²) < 4.78 is 0. The van der Waals surface area contributed by atoms with Crippen molar-refractivity contribution in [1.82, 2.24) is 0 Å². The van der Waals surface area contributed by atoms with Crippen molar-refractivity contribution in [2.45, 2.75) is 31.1 Å². The van der Waals surface area contributed by atoms with Crippen molar-refractivity contribution in [3.63, 3.8) is 0 Å². The van der Waals surface area contributed by atoms with Crippen molar-refractivity contribution in [3.8, 4) is 33.4 Å². The molecule has 57 heavy (non-hydrogen) atoms. The second-order valence-electron chi connectivity index (χ2n) is 16.3. The molecule has 0 atom stereocenters. The van der Waals surface area contributed by atoms with E-state index in [0.29, 0.717) is 0 Å². The lowest BCUT2D eigenvalue weighted by molar-refractivity contribution is 0.563. The lowest BCUT2D eigenvalue weighted by Crippen LogP contribution is -2.40. The van der Waals surface area contributed by atoms with Crippen LogP contribution in [0.2, 0.25) is 0 Å². The molecule has 9 aromatic rings. The molecule has 2 aliphatic carbocycles. The van der Waals surface area contributed by atoms with Gasteiger partial charge in [0.15, 0.2) is 0 Å². The molecule has 0 saturated carbocycles. The maximum Gasteiger partial charge on any atom is 0.0719 e. The minimum atomic E-state index is -0.452. The molecule has 0 N–H and O–H groups in total. The van der Waals surface area contributed by atoms with Gasteiger partial charge in [-0.2, -0.15) is 0 Å². The second kappa shape index (κ2) is 12.9. The smallest absolute Gasteiger partial charge is 0.0719 e. The van der Waals surface area contributed by atoms with Crippen molar-refractivity contribution < 1.29 is 0 Å². The van der Waals surface area contributed by atoms with Gasteiger partial charge in [-0.3, -0.25) is 0 Å². The first kappa shape index (κ1) is 33.6. The van der Waals surface area contributed by atoms with E-state index in [1.54, 1.807) is 0 Å². The molecule has 0 amide bonds. The monoisotopic (exact) mass is 726 g/mol. The molecular formula is C57H42. The van der Waals surface area contributed by atoms with Gasteiger partial charge in [0.25, 0.3) is 0 Å². The molecule has 0 nitrogen and oxygen atoms in total. The van der Waals surface area contributed by atoms with Crippen LogP contribution >= 0.6 is 0 Å². The third kappa shape index (κ3) is 4.87. The summed E-state index contributed by atoms with van der Waals surface area (Å²) in [5.41, 5.74) is 18.1. The number of hydrogen-bond acceptors (Lipinski definition) is 0. The molecule has 0 heteroatoms. The van der Waals surface area contributed by atoms with Gasteiger partial charge in [-0.15, -0.1) is 0 Å². The Bertz CT molecular complexity index is 2950. The summed E-state index contributed by atoms with van der Waals surface area (Å²) in [6, 6.07) is 72.6. The van der Waals surface area contributed by atoms with Crippen LogP contribution in [0.25, 0.3) is 61.0 Å². The van der Waals surface area contributed by atoms with E-state index >= 15 is 0 Å². The van der Waals surface area contributed by atoms with Crippen LogP contribution < -0.4 is 0 Å². The average molecular weight is 727 g/mol. The maximum atomic E-state index is 2.54. The SMILES string of the molecule is CC1(C)c2ccccc2C2(c3ccc(-c4c5ccccc5c(-c5ccccc5)c5ccccc45)cc3-c3c(C/C=C/c4ccccc4)cccc32)c2ccccc21. The first-order valence-electron chi connectivity index (χ1n) is 20.2. The minimum Gasteiger partial charge on any atom is -0.0795 e. The van der Waals surface area contributed by atoms with Crippen LogP contribution in [0.15, 0.2) is 200 Å². The van der Waals surface area contributed by atoms with Crippen molar-refractivity contribution >= 4 is 27.6 Å². The van der Waals surface area contributed by atoms with Gasteiger partial charge >= 0.3 is 0 Å². The average Bonchev–Trinajstić information content (AvgIpc) is 3.56. The zero-order valence-corrected chi connectivity index (χ0v) is 32.3. The third-order valence-electron chi connectivity index (χ3n) is 13.0. The van der Waals surface area contributed by atoms with Crippen LogP contribution in [0, 0.1) is 0 Å². The summed E-state index contributed by atoms with van der Waals surface area (Å²) in [4.78, 5) is 0. The highest BCUT2D eigenvalue weighted by Crippen LogP contribution is 2.63. The first-order chi connectivity index (χ1) is 28.1. The van der Waals surface area contributed by atoms with Crippen molar-refractivity contribution in [2.24, 2.45) is 0 Å². The molecule has 0 heterocycles. The van der Waals surface area contributed by atoms with Crippen LogP contribution in [0.5, 0.6) is 0 Å². The largest absolute Gasteiger partial charge is 0.0795 e. The van der Waals surface area contributed by atoms with Gasteiger partial charge in [0.1, 0.15) is 0 Å². The van der Waals surface area contributed by atoms with Gasteiger partial charge in [0.2, 0.25) is 0 Å². The summed E-state index contributed by atoms with van der Waals surface area (Å²) in [5, 5.41) is 5.10. The predicted molar refractivity (Wildman–Crippen MR) is 241 cm³/mol. The predicted octanol–water partition coefficient (Wildman–Crippen LogP) is 14.6. The van der Waals surface area contributed by atoms with Crippen molar-refractivity contribution in [3.05, 3.63) is 245 Å². The van der Waals surface area contributed by atoms with E-state index in [0.717, 1.165) is 6.42 Å². The van der Waals surface area contributed by atoms with Gasteiger partial charge in [0.05, 0.1) is 5.41 Å². The highest BCUT2D eigenvalue weighted by atomic mass is 14.5. The Morgan fingerprint density at radius 1 is 0.386 bits per heavy atom. The molecule has 0 radical (unpaired) electrons. The molecule has 0 saturated heterocycles. The van der Waals surface area contributed by atoms with E-state index in [2.05, 4.69) is 220 Å². The van der Waals surface area contributed by atoms with E-state index in [9.17, 15) is 0 Å². The minimum absolute atomic E-state index is 0.143. The number of allylic oxidation sites excluding steroid dienone is 1. The Labute approximate surface area is 335 Å². The van der Waals surface area contributed by atoms with E-state index in [1.165, 1.54) is 99.4 Å². The summed E-state index contributed by atoms with van der Waals surface area (Å²) in [6.07, 6.45) is 5.45. The van der Waals surface area contributed by atoms with Gasteiger partial charge in [-0.25, -0.2) is 0 Å². The fourth-order valence-corrected chi connectivity index (χ4v) is 10.6. The number of rotatable bonds is 5. The maximum absolute atomic E-state index is 2.54. The Balaban J connectivity index is 1.22. The molecule has 270 valence electrons. The zero-order valence-electron chi connectivity index (χ0n) is 32.3. The fraction of sp³-hybridized carbons (Fsp3) is 0.0877. The van der Waals surface area contributed by atoms with Crippen LogP contribution in [0.3, 0.4) is 0 Å². The second-order valence-corrected chi connectivity index (χ2v) is 16.3. The molecule has 0 unspecified atom stereocenters. The summed E-state index contributed by atoms with van der Waals surface area (Å²) >= 11 is 0. The molecule has 0 aliphatic heterocycles. The number of hydrogen-bond donors (Lipinski definition) is 0. The summed E-state index contributed by atoms with van der Waals surface area (Å²) in [6.45, 7) is 4.80. The van der Waals surface area contributed by atoms with Crippen molar-refractivity contribution in [1.29, 1.82) is 0 Å². The van der Waals surface area contributed by atoms with Crippen LogP contribution in [-0.2, 0) is 17.3 Å². The van der Waals surface area contributed by atoms with E-state index in [-0.39, 0.29) is 5.41 Å². The normalized spacial score (nSPS) is 14.4. The van der Waals surface area contributed by atoms with E-state index < -0.39 is 5.41 Å². The molecule has 9 aromatic carbocycles. The Morgan fingerprint density at radius 3 is 1.47 bits per heavy atom. The number of benzene rings is 9. The Kier molecular flexibility index (Phi) is 7.60. The molecule has 0 bridgehead atoms. The van der Waals surface area contributed by atoms with E-state index in [1.807, 2.05) is 0 Å².